The van der Waals surface area contributed by atoms with Crippen LogP contribution >= 0.6 is 0 Å². The van der Waals surface area contributed by atoms with E-state index in [1.807, 2.05) is 0 Å². The summed E-state index contributed by atoms with van der Waals surface area (Å²) in [5.74, 6) is 0.459. The molecule has 0 saturated heterocycles. The Morgan fingerprint density at radius 1 is 1.16 bits per heavy atom. The molecule has 0 aromatic heterocycles. The molecule has 2 atom stereocenters. The average molecular weight is 518 g/mol. The number of rotatable bonds is 12. The number of hydrogen-bond donors (Lipinski definition) is 3. The maximum Gasteiger partial charge on any atom is 0.408 e. The molecule has 0 saturated carbocycles. The van der Waals surface area contributed by atoms with Gasteiger partial charge in [0, 0.05) is 18.7 Å². The molecule has 0 aliphatic rings. The molecule has 3 N–H and O–H groups in total. The van der Waals surface area contributed by atoms with E-state index in [1.165, 1.54) is 4.90 Å². The minimum atomic E-state index is -1.24. The van der Waals surface area contributed by atoms with Gasteiger partial charge in [-0.05, 0) is 45.2 Å². The van der Waals surface area contributed by atoms with E-state index in [1.54, 1.807) is 65.8 Å². The quantitative estimate of drug-likeness (QED) is 0.286. The summed E-state index contributed by atoms with van der Waals surface area (Å²) >= 11 is 0. The second-order valence-electron chi connectivity index (χ2n) is 9.60. The van der Waals surface area contributed by atoms with Gasteiger partial charge in [-0.3, -0.25) is 14.4 Å². The van der Waals surface area contributed by atoms with E-state index in [2.05, 4.69) is 16.6 Å². The number of nitrogens with one attached hydrogen (secondary N) is 2. The summed E-state index contributed by atoms with van der Waals surface area (Å²) in [5, 5.41) is 15.1. The van der Waals surface area contributed by atoms with Crippen molar-refractivity contribution >= 4 is 23.9 Å². The van der Waals surface area contributed by atoms with Gasteiger partial charge in [-0.15, -0.1) is 6.42 Å². The molecule has 1 aromatic carbocycles. The molecule has 37 heavy (non-hydrogen) atoms. The Labute approximate surface area is 219 Å². The van der Waals surface area contributed by atoms with Crippen molar-refractivity contribution in [2.24, 2.45) is 5.92 Å². The Balaban J connectivity index is 3.41. The van der Waals surface area contributed by atoms with Crippen molar-refractivity contribution in [3.63, 3.8) is 0 Å². The van der Waals surface area contributed by atoms with E-state index in [0.29, 0.717) is 11.1 Å². The number of benzene rings is 1. The molecule has 10 nitrogen and oxygen atoms in total. The van der Waals surface area contributed by atoms with E-state index in [0.717, 1.165) is 0 Å². The number of terminal acetylenes is 1. The molecule has 3 amide bonds. The second kappa shape index (κ2) is 14.9. The van der Waals surface area contributed by atoms with Gasteiger partial charge in [0.25, 0.3) is 0 Å². The van der Waals surface area contributed by atoms with Gasteiger partial charge in [0.2, 0.25) is 11.8 Å². The zero-order chi connectivity index (χ0) is 28.2. The number of alkyl carbamates (subject to hydrolysis) is 1. The Morgan fingerprint density at radius 3 is 2.35 bits per heavy atom. The molecule has 0 aliphatic carbocycles. The minimum absolute atomic E-state index is 0.0304. The molecule has 10 heteroatoms. The summed E-state index contributed by atoms with van der Waals surface area (Å²) in [4.78, 5) is 52.6. The number of ether oxygens (including phenoxy) is 2. The molecule has 1 aromatic rings. The topological polar surface area (TPSA) is 134 Å². The maximum atomic E-state index is 13.8. The molecular formula is C27H39N3O7. The molecule has 0 spiro atoms. The molecule has 0 aliphatic heterocycles. The van der Waals surface area contributed by atoms with Gasteiger partial charge in [0.1, 0.15) is 17.7 Å². The number of esters is 1. The third-order valence-electron chi connectivity index (χ3n) is 5.13. The molecule has 1 rings (SSSR count). The highest BCUT2D eigenvalue weighted by Crippen LogP contribution is 2.26. The van der Waals surface area contributed by atoms with E-state index in [9.17, 15) is 24.3 Å². The highest BCUT2D eigenvalue weighted by molar-refractivity contribution is 5.92. The van der Waals surface area contributed by atoms with Gasteiger partial charge in [0.05, 0.1) is 19.6 Å². The lowest BCUT2D eigenvalue weighted by Crippen LogP contribution is -2.55. The monoisotopic (exact) mass is 517 g/mol. The van der Waals surface area contributed by atoms with Crippen LogP contribution in [-0.2, 0) is 23.9 Å². The Hall–Kier alpha value is -3.58. The van der Waals surface area contributed by atoms with Crippen LogP contribution in [0.2, 0.25) is 0 Å². The van der Waals surface area contributed by atoms with E-state index >= 15 is 0 Å². The number of carbonyl (C=O) groups excluding carboxylic acids is 4. The summed E-state index contributed by atoms with van der Waals surface area (Å²) in [6.07, 6.45) is 4.82. The summed E-state index contributed by atoms with van der Waals surface area (Å²) in [6.45, 7) is 9.77. The molecule has 2 unspecified atom stereocenters. The van der Waals surface area contributed by atoms with Crippen LogP contribution < -0.4 is 10.6 Å². The van der Waals surface area contributed by atoms with Crippen molar-refractivity contribution in [2.75, 3.05) is 26.3 Å². The van der Waals surface area contributed by atoms with Crippen molar-refractivity contribution in [3.05, 3.63) is 35.4 Å². The van der Waals surface area contributed by atoms with Gasteiger partial charge in [-0.25, -0.2) is 4.79 Å². The van der Waals surface area contributed by atoms with Crippen molar-refractivity contribution in [1.82, 2.24) is 15.5 Å². The van der Waals surface area contributed by atoms with Crippen LogP contribution in [0.25, 0.3) is 0 Å². The van der Waals surface area contributed by atoms with Gasteiger partial charge in [-0.1, -0.05) is 38.0 Å². The van der Waals surface area contributed by atoms with Gasteiger partial charge in [-0.2, -0.15) is 0 Å². The highest BCUT2D eigenvalue weighted by atomic mass is 16.6. The lowest BCUT2D eigenvalue weighted by molar-refractivity contribution is -0.145. The maximum absolute atomic E-state index is 13.8. The first kappa shape index (κ1) is 31.4. The third kappa shape index (κ3) is 10.1. The van der Waals surface area contributed by atoms with Crippen LogP contribution in [0.1, 0.15) is 65.1 Å². The fourth-order valence-corrected chi connectivity index (χ4v) is 3.54. The summed E-state index contributed by atoms with van der Waals surface area (Å²) < 4.78 is 10.2. The SMILES string of the molecule is C#Cc1ccccc1C(C(=O)NCCC(=O)OCC)N(CCO)C(=O)C(NC(=O)OC(C)(C)C)C(C)C. The smallest absolute Gasteiger partial charge is 0.408 e. The first-order chi connectivity index (χ1) is 17.4. The fraction of sp³-hybridized carbons (Fsp3) is 0.556. The highest BCUT2D eigenvalue weighted by Gasteiger charge is 2.38. The van der Waals surface area contributed by atoms with Crippen molar-refractivity contribution < 1.29 is 33.8 Å². The zero-order valence-electron chi connectivity index (χ0n) is 22.5. The second-order valence-corrected chi connectivity index (χ2v) is 9.60. The molecule has 0 heterocycles. The predicted molar refractivity (Wildman–Crippen MR) is 138 cm³/mol. The molecule has 204 valence electrons. The lowest BCUT2D eigenvalue weighted by Gasteiger charge is -2.35. The van der Waals surface area contributed by atoms with Crippen LogP contribution in [-0.4, -0.2) is 71.8 Å². The molecule has 0 radical (unpaired) electrons. The molecular weight excluding hydrogens is 478 g/mol. The van der Waals surface area contributed by atoms with Gasteiger partial charge < -0.3 is 30.1 Å². The number of hydrogen-bond acceptors (Lipinski definition) is 7. The molecule has 0 bridgehead atoms. The van der Waals surface area contributed by atoms with Crippen LogP contribution in [0.5, 0.6) is 0 Å². The standard InChI is InChI=1S/C27H39N3O7/c1-8-19-12-10-11-13-20(19)23(24(33)28-15-14-21(32)36-9-2)30(16-17-31)25(34)22(18(3)4)29-26(35)37-27(5,6)7/h1,10-13,18,22-23,31H,9,14-17H2,2-7H3,(H,28,33)(H,29,35). The average Bonchev–Trinajstić information content (AvgIpc) is 2.81. The summed E-state index contributed by atoms with van der Waals surface area (Å²) in [6, 6.07) is 4.33. The van der Waals surface area contributed by atoms with Gasteiger partial charge in [0.15, 0.2) is 0 Å². The minimum Gasteiger partial charge on any atom is -0.466 e. The predicted octanol–water partition coefficient (Wildman–Crippen LogP) is 2.15. The molecule has 0 fully saturated rings. The van der Waals surface area contributed by atoms with Crippen molar-refractivity contribution in [1.29, 1.82) is 0 Å². The van der Waals surface area contributed by atoms with Gasteiger partial charge >= 0.3 is 12.1 Å². The normalized spacial score (nSPS) is 12.6. The van der Waals surface area contributed by atoms with E-state index in [-0.39, 0.29) is 32.0 Å². The van der Waals surface area contributed by atoms with Crippen LogP contribution in [0, 0.1) is 18.3 Å². The summed E-state index contributed by atoms with van der Waals surface area (Å²) in [5.41, 5.74) is -0.0443. The van der Waals surface area contributed by atoms with Crippen molar-refractivity contribution in [3.8, 4) is 12.3 Å². The number of aliphatic hydroxyl groups excluding tert-OH is 1. The number of carbonyl (C=O) groups is 4. The van der Waals surface area contributed by atoms with Crippen LogP contribution in [0.4, 0.5) is 4.79 Å². The van der Waals surface area contributed by atoms with E-state index < -0.39 is 48.2 Å². The number of amides is 3. The first-order valence-electron chi connectivity index (χ1n) is 12.3. The third-order valence-corrected chi connectivity index (χ3v) is 5.13. The van der Waals surface area contributed by atoms with Crippen LogP contribution in [0.15, 0.2) is 24.3 Å². The number of aliphatic hydroxyl groups is 1. The van der Waals surface area contributed by atoms with E-state index in [4.69, 9.17) is 15.9 Å². The zero-order valence-corrected chi connectivity index (χ0v) is 22.5. The van der Waals surface area contributed by atoms with Crippen LogP contribution in [0.3, 0.4) is 0 Å². The Kier molecular flexibility index (Phi) is 12.6. The Morgan fingerprint density at radius 2 is 1.81 bits per heavy atom. The van der Waals surface area contributed by atoms with Crippen molar-refractivity contribution in [2.45, 2.75) is 65.6 Å². The fourth-order valence-electron chi connectivity index (χ4n) is 3.54. The largest absolute Gasteiger partial charge is 0.466 e. The summed E-state index contributed by atoms with van der Waals surface area (Å²) in [7, 11) is 0. The number of nitrogens with zero attached hydrogens (tertiary/aromatic N) is 1. The lowest BCUT2D eigenvalue weighted by atomic mass is 9.96. The Bertz CT molecular complexity index is 979. The first-order valence-corrected chi connectivity index (χ1v) is 12.3.